The van der Waals surface area contributed by atoms with E-state index in [4.69, 9.17) is 5.73 Å². The van der Waals surface area contributed by atoms with Gasteiger partial charge in [-0.3, -0.25) is 0 Å². The van der Waals surface area contributed by atoms with Gasteiger partial charge < -0.3 is 10.6 Å². The van der Waals surface area contributed by atoms with Crippen LogP contribution < -0.4 is 5.73 Å². The molecule has 2 heterocycles. The van der Waals surface area contributed by atoms with Crippen molar-refractivity contribution < 1.29 is 0 Å². The van der Waals surface area contributed by atoms with Gasteiger partial charge in [-0.15, -0.1) is 0 Å². The predicted octanol–water partition coefficient (Wildman–Crippen LogP) is 2.21. The fourth-order valence-corrected chi connectivity index (χ4v) is 2.67. The van der Waals surface area contributed by atoms with E-state index < -0.39 is 0 Å². The molecule has 4 nitrogen and oxygen atoms in total. The lowest BCUT2D eigenvalue weighted by molar-refractivity contribution is 0.280. The van der Waals surface area contributed by atoms with Crippen molar-refractivity contribution in [3.05, 3.63) is 11.8 Å². The molecular weight excluding hydrogens is 212 g/mol. The normalized spacial score (nSPS) is 22.6. The summed E-state index contributed by atoms with van der Waals surface area (Å²) in [7, 11) is 0. The van der Waals surface area contributed by atoms with Crippen LogP contribution in [0.5, 0.6) is 0 Å². The Kier molecular flexibility index (Phi) is 4.05. The highest BCUT2D eigenvalue weighted by atomic mass is 15.3. The van der Waals surface area contributed by atoms with Gasteiger partial charge in [0.1, 0.15) is 5.82 Å². The van der Waals surface area contributed by atoms with E-state index in [1.54, 1.807) is 0 Å². The highest BCUT2D eigenvalue weighted by molar-refractivity contribution is 5.37. The zero-order valence-corrected chi connectivity index (χ0v) is 11.0. The van der Waals surface area contributed by atoms with Crippen molar-refractivity contribution in [3.63, 3.8) is 0 Å². The van der Waals surface area contributed by atoms with Gasteiger partial charge in [0.05, 0.1) is 12.2 Å². The SMILES string of the molecule is CCCN1CCCC(n2ncc(C)c2N)CC1. The minimum Gasteiger partial charge on any atom is -0.384 e. The first-order chi connectivity index (χ1) is 8.22. The molecular formula is C13H24N4. The zero-order chi connectivity index (χ0) is 12.3. The minimum absolute atomic E-state index is 0.491. The van der Waals surface area contributed by atoms with Crippen LogP contribution >= 0.6 is 0 Å². The summed E-state index contributed by atoms with van der Waals surface area (Å²) in [6.45, 7) is 7.90. The molecule has 96 valence electrons. The van der Waals surface area contributed by atoms with Crippen molar-refractivity contribution in [2.45, 2.75) is 45.6 Å². The molecule has 0 amide bonds. The second-order valence-corrected chi connectivity index (χ2v) is 5.08. The van der Waals surface area contributed by atoms with E-state index >= 15 is 0 Å². The molecule has 2 N–H and O–H groups in total. The van der Waals surface area contributed by atoms with Gasteiger partial charge in [0, 0.05) is 12.1 Å². The number of aromatic nitrogens is 2. The number of hydrogen-bond donors (Lipinski definition) is 1. The predicted molar refractivity (Wildman–Crippen MR) is 71.0 cm³/mol. The molecule has 2 rings (SSSR count). The molecule has 0 saturated carbocycles. The fraction of sp³-hybridized carbons (Fsp3) is 0.769. The molecule has 0 spiro atoms. The van der Waals surface area contributed by atoms with Gasteiger partial charge in [-0.25, -0.2) is 4.68 Å². The van der Waals surface area contributed by atoms with Gasteiger partial charge in [-0.2, -0.15) is 5.10 Å². The van der Waals surface area contributed by atoms with Crippen LogP contribution in [0.4, 0.5) is 5.82 Å². The third-order valence-corrected chi connectivity index (χ3v) is 3.70. The Morgan fingerprint density at radius 1 is 1.41 bits per heavy atom. The van der Waals surface area contributed by atoms with Gasteiger partial charge in [0.2, 0.25) is 0 Å². The highest BCUT2D eigenvalue weighted by Gasteiger charge is 2.20. The fourth-order valence-electron chi connectivity index (χ4n) is 2.67. The van der Waals surface area contributed by atoms with Gasteiger partial charge in [0.25, 0.3) is 0 Å². The number of rotatable bonds is 3. The third kappa shape index (κ3) is 2.80. The molecule has 0 radical (unpaired) electrons. The lowest BCUT2D eigenvalue weighted by atomic mass is 10.1. The van der Waals surface area contributed by atoms with E-state index in [-0.39, 0.29) is 0 Å². The van der Waals surface area contributed by atoms with Gasteiger partial charge >= 0.3 is 0 Å². The van der Waals surface area contributed by atoms with Crippen LogP contribution in [-0.4, -0.2) is 34.3 Å². The van der Waals surface area contributed by atoms with E-state index in [9.17, 15) is 0 Å². The number of nitrogen functional groups attached to an aromatic ring is 1. The summed E-state index contributed by atoms with van der Waals surface area (Å²) in [4.78, 5) is 2.56. The van der Waals surface area contributed by atoms with Crippen molar-refractivity contribution >= 4 is 5.82 Å². The third-order valence-electron chi connectivity index (χ3n) is 3.70. The molecule has 0 bridgehead atoms. The van der Waals surface area contributed by atoms with E-state index in [0.29, 0.717) is 6.04 Å². The number of likely N-dealkylation sites (tertiary alicyclic amines) is 1. The Morgan fingerprint density at radius 2 is 2.24 bits per heavy atom. The largest absolute Gasteiger partial charge is 0.384 e. The first kappa shape index (κ1) is 12.4. The summed E-state index contributed by atoms with van der Waals surface area (Å²) >= 11 is 0. The van der Waals surface area contributed by atoms with Crippen molar-refractivity contribution in [2.24, 2.45) is 0 Å². The Hall–Kier alpha value is -1.03. The Morgan fingerprint density at radius 3 is 2.88 bits per heavy atom. The minimum atomic E-state index is 0.491. The van der Waals surface area contributed by atoms with Crippen LogP contribution in [0, 0.1) is 6.92 Å². The molecule has 0 aromatic carbocycles. The van der Waals surface area contributed by atoms with Crippen LogP contribution in [0.25, 0.3) is 0 Å². The van der Waals surface area contributed by atoms with Crippen molar-refractivity contribution in [1.82, 2.24) is 14.7 Å². The molecule has 1 aliphatic rings. The lowest BCUT2D eigenvalue weighted by Crippen LogP contribution is -2.25. The van der Waals surface area contributed by atoms with Crippen LogP contribution in [-0.2, 0) is 0 Å². The molecule has 1 fully saturated rings. The number of aryl methyl sites for hydroxylation is 1. The summed E-state index contributed by atoms with van der Waals surface area (Å²) in [5.41, 5.74) is 7.16. The van der Waals surface area contributed by atoms with Crippen LogP contribution in [0.15, 0.2) is 6.20 Å². The average molecular weight is 236 g/mol. The van der Waals surface area contributed by atoms with Crippen molar-refractivity contribution in [1.29, 1.82) is 0 Å². The summed E-state index contributed by atoms with van der Waals surface area (Å²) in [5, 5.41) is 4.42. The number of anilines is 1. The Balaban J connectivity index is 2.01. The van der Waals surface area contributed by atoms with Crippen LogP contribution in [0.2, 0.25) is 0 Å². The molecule has 1 unspecified atom stereocenters. The number of hydrogen-bond acceptors (Lipinski definition) is 3. The van der Waals surface area contributed by atoms with E-state index in [0.717, 1.165) is 11.4 Å². The average Bonchev–Trinajstić information content (AvgIpc) is 2.55. The molecule has 0 aliphatic carbocycles. The van der Waals surface area contributed by atoms with Crippen LogP contribution in [0.1, 0.15) is 44.2 Å². The maximum Gasteiger partial charge on any atom is 0.124 e. The number of nitrogens with zero attached hydrogens (tertiary/aromatic N) is 3. The van der Waals surface area contributed by atoms with Crippen molar-refractivity contribution in [3.8, 4) is 0 Å². The smallest absolute Gasteiger partial charge is 0.124 e. The van der Waals surface area contributed by atoms with E-state index in [2.05, 4.69) is 16.9 Å². The van der Waals surface area contributed by atoms with E-state index in [1.807, 2.05) is 17.8 Å². The second-order valence-electron chi connectivity index (χ2n) is 5.08. The monoisotopic (exact) mass is 236 g/mol. The summed E-state index contributed by atoms with van der Waals surface area (Å²) in [6.07, 6.45) is 6.75. The standard InChI is InChI=1S/C13H24N4/c1-3-7-16-8-4-5-12(6-9-16)17-13(14)11(2)10-15-17/h10,12H,3-9,14H2,1-2H3. The zero-order valence-electron chi connectivity index (χ0n) is 11.0. The van der Waals surface area contributed by atoms with Gasteiger partial charge in [0.15, 0.2) is 0 Å². The summed E-state index contributed by atoms with van der Waals surface area (Å²) in [6, 6.07) is 0.491. The molecule has 1 aromatic rings. The topological polar surface area (TPSA) is 47.1 Å². The van der Waals surface area contributed by atoms with Gasteiger partial charge in [-0.05, 0) is 45.7 Å². The molecule has 1 atom stereocenters. The first-order valence-electron chi connectivity index (χ1n) is 6.74. The first-order valence-corrected chi connectivity index (χ1v) is 6.74. The molecule has 1 aromatic heterocycles. The molecule has 17 heavy (non-hydrogen) atoms. The van der Waals surface area contributed by atoms with Crippen molar-refractivity contribution in [2.75, 3.05) is 25.4 Å². The molecule has 1 aliphatic heterocycles. The van der Waals surface area contributed by atoms with Gasteiger partial charge in [-0.1, -0.05) is 6.92 Å². The maximum atomic E-state index is 6.06. The Labute approximate surface area is 104 Å². The highest BCUT2D eigenvalue weighted by Crippen LogP contribution is 2.25. The summed E-state index contributed by atoms with van der Waals surface area (Å²) in [5.74, 6) is 0.846. The summed E-state index contributed by atoms with van der Waals surface area (Å²) < 4.78 is 2.03. The lowest BCUT2D eigenvalue weighted by Gasteiger charge is -2.19. The van der Waals surface area contributed by atoms with E-state index in [1.165, 1.54) is 45.3 Å². The van der Waals surface area contributed by atoms with Crippen LogP contribution in [0.3, 0.4) is 0 Å². The maximum absolute atomic E-state index is 6.06. The number of nitrogens with two attached hydrogens (primary N) is 1. The second kappa shape index (κ2) is 5.54. The Bertz CT molecular complexity index is 358. The molecule has 4 heteroatoms. The molecule has 1 saturated heterocycles. The quantitative estimate of drug-likeness (QED) is 0.875.